The summed E-state index contributed by atoms with van der Waals surface area (Å²) in [6.07, 6.45) is 5.28. The second-order valence-corrected chi connectivity index (χ2v) is 5.72. The molecule has 23 heavy (non-hydrogen) atoms. The maximum absolute atomic E-state index is 12.6. The van der Waals surface area contributed by atoms with E-state index in [1.165, 1.54) is 12.8 Å². The molecule has 0 saturated carbocycles. The average Bonchev–Trinajstić information content (AvgIpc) is 2.54. The molecule has 1 rings (SSSR count). The predicted molar refractivity (Wildman–Crippen MR) is 95.7 cm³/mol. The Morgan fingerprint density at radius 2 is 2.00 bits per heavy atom. The number of hydrogen-bond donors (Lipinski definition) is 1. The van der Waals surface area contributed by atoms with Gasteiger partial charge in [-0.15, -0.1) is 5.92 Å². The molecular formula is C20H29NO2. The van der Waals surface area contributed by atoms with Crippen molar-refractivity contribution >= 4 is 5.91 Å². The van der Waals surface area contributed by atoms with Crippen molar-refractivity contribution in [1.82, 2.24) is 5.32 Å². The minimum absolute atomic E-state index is 0.0689. The molecule has 1 N–H and O–H groups in total. The monoisotopic (exact) mass is 315 g/mol. The molecule has 0 fully saturated rings. The third-order valence-corrected chi connectivity index (χ3v) is 3.77. The van der Waals surface area contributed by atoms with Crippen molar-refractivity contribution in [3.8, 4) is 17.6 Å². The number of benzene rings is 1. The van der Waals surface area contributed by atoms with E-state index in [9.17, 15) is 4.79 Å². The fourth-order valence-corrected chi connectivity index (χ4v) is 2.46. The van der Waals surface area contributed by atoms with E-state index in [0.29, 0.717) is 11.3 Å². The first-order valence-corrected chi connectivity index (χ1v) is 8.61. The molecule has 0 spiro atoms. The van der Waals surface area contributed by atoms with Gasteiger partial charge in [0.2, 0.25) is 0 Å². The molecule has 0 aromatic heterocycles. The van der Waals surface area contributed by atoms with Crippen LogP contribution < -0.4 is 10.1 Å². The molecule has 2 unspecified atom stereocenters. The van der Waals surface area contributed by atoms with Crippen LogP contribution in [-0.2, 0) is 0 Å². The van der Waals surface area contributed by atoms with Gasteiger partial charge >= 0.3 is 0 Å². The summed E-state index contributed by atoms with van der Waals surface area (Å²) in [5.74, 6) is 6.29. The second-order valence-electron chi connectivity index (χ2n) is 5.72. The largest absolute Gasteiger partial charge is 0.477 e. The summed E-state index contributed by atoms with van der Waals surface area (Å²) in [5.41, 5.74) is 0.575. The Bertz CT molecular complexity index is 542. The van der Waals surface area contributed by atoms with Crippen LogP contribution >= 0.6 is 0 Å². The third-order valence-electron chi connectivity index (χ3n) is 3.77. The molecular weight excluding hydrogens is 286 g/mol. The summed E-state index contributed by atoms with van der Waals surface area (Å²) in [5, 5.41) is 3.13. The van der Waals surface area contributed by atoms with Gasteiger partial charge in [0.25, 0.3) is 5.91 Å². The van der Waals surface area contributed by atoms with Crippen molar-refractivity contribution in [3.63, 3.8) is 0 Å². The van der Waals surface area contributed by atoms with Crippen LogP contribution in [0.15, 0.2) is 24.3 Å². The maximum Gasteiger partial charge on any atom is 0.255 e. The Hall–Kier alpha value is -1.95. The highest BCUT2D eigenvalue weighted by Crippen LogP contribution is 2.20. The van der Waals surface area contributed by atoms with E-state index in [4.69, 9.17) is 4.74 Å². The summed E-state index contributed by atoms with van der Waals surface area (Å²) < 4.78 is 5.79. The van der Waals surface area contributed by atoms with Crippen LogP contribution in [0, 0.1) is 11.8 Å². The Labute approximate surface area is 140 Å². The molecule has 126 valence electrons. The number of carbonyl (C=O) groups excluding carboxylic acids is 1. The Kier molecular flexibility index (Phi) is 8.90. The lowest BCUT2D eigenvalue weighted by atomic mass is 10.1. The standard InChI is InChI=1S/C20H29NO2/c1-5-8-9-13-17(7-3)21-20(22)18-14-10-11-15-19(18)23-16(4)12-6-2/h10-11,14-17H,5,7-9,13H2,1-4H3,(H,21,22). The number of nitrogens with one attached hydrogen (secondary N) is 1. The zero-order valence-electron chi connectivity index (χ0n) is 14.8. The van der Waals surface area contributed by atoms with Gasteiger partial charge in [-0.1, -0.05) is 51.2 Å². The predicted octanol–water partition coefficient (Wildman–Crippen LogP) is 4.57. The highest BCUT2D eigenvalue weighted by molar-refractivity contribution is 5.97. The van der Waals surface area contributed by atoms with E-state index in [-0.39, 0.29) is 18.1 Å². The van der Waals surface area contributed by atoms with Gasteiger partial charge in [-0.05, 0) is 38.8 Å². The van der Waals surface area contributed by atoms with Gasteiger partial charge in [0, 0.05) is 6.04 Å². The van der Waals surface area contributed by atoms with Crippen LogP contribution in [0.4, 0.5) is 0 Å². The fourth-order valence-electron chi connectivity index (χ4n) is 2.46. The van der Waals surface area contributed by atoms with Crippen molar-refractivity contribution < 1.29 is 9.53 Å². The van der Waals surface area contributed by atoms with E-state index < -0.39 is 0 Å². The van der Waals surface area contributed by atoms with Crippen molar-refractivity contribution in [3.05, 3.63) is 29.8 Å². The van der Waals surface area contributed by atoms with Crippen LogP contribution in [0.3, 0.4) is 0 Å². The van der Waals surface area contributed by atoms with Crippen molar-refractivity contribution in [1.29, 1.82) is 0 Å². The van der Waals surface area contributed by atoms with Gasteiger partial charge in [0.05, 0.1) is 5.56 Å². The first kappa shape index (κ1) is 19.1. The number of amides is 1. The molecule has 3 heteroatoms. The summed E-state index contributed by atoms with van der Waals surface area (Å²) in [4.78, 5) is 12.6. The summed E-state index contributed by atoms with van der Waals surface area (Å²) >= 11 is 0. The molecule has 0 aliphatic rings. The van der Waals surface area contributed by atoms with E-state index in [1.807, 2.05) is 25.1 Å². The average molecular weight is 315 g/mol. The normalized spacial score (nSPS) is 12.7. The molecule has 0 bridgehead atoms. The minimum Gasteiger partial charge on any atom is -0.477 e. The lowest BCUT2D eigenvalue weighted by Crippen LogP contribution is -2.34. The number of hydrogen-bond acceptors (Lipinski definition) is 2. The summed E-state index contributed by atoms with van der Waals surface area (Å²) in [7, 11) is 0. The van der Waals surface area contributed by atoms with Crippen LogP contribution in [0.1, 0.15) is 70.2 Å². The molecule has 1 aromatic rings. The number of para-hydroxylation sites is 1. The van der Waals surface area contributed by atoms with E-state index >= 15 is 0 Å². The summed E-state index contributed by atoms with van der Waals surface area (Å²) in [6.45, 7) is 7.96. The third kappa shape index (κ3) is 6.78. The molecule has 0 radical (unpaired) electrons. The van der Waals surface area contributed by atoms with Crippen LogP contribution in [0.2, 0.25) is 0 Å². The molecule has 3 nitrogen and oxygen atoms in total. The molecule has 0 aliphatic carbocycles. The zero-order chi connectivity index (χ0) is 17.1. The number of ether oxygens (including phenoxy) is 1. The molecule has 2 atom stereocenters. The quantitative estimate of drug-likeness (QED) is 0.535. The topological polar surface area (TPSA) is 38.3 Å². The zero-order valence-corrected chi connectivity index (χ0v) is 14.8. The Balaban J connectivity index is 2.75. The first-order chi connectivity index (χ1) is 11.1. The Morgan fingerprint density at radius 1 is 1.26 bits per heavy atom. The van der Waals surface area contributed by atoms with Crippen molar-refractivity contribution in [2.24, 2.45) is 0 Å². The van der Waals surface area contributed by atoms with Crippen LogP contribution in [0.25, 0.3) is 0 Å². The SMILES string of the molecule is CC#CC(C)Oc1ccccc1C(=O)NC(CC)CCCCC. The van der Waals surface area contributed by atoms with Gasteiger partial charge in [-0.3, -0.25) is 4.79 Å². The lowest BCUT2D eigenvalue weighted by Gasteiger charge is -2.19. The van der Waals surface area contributed by atoms with Crippen molar-refractivity contribution in [2.45, 2.75) is 71.9 Å². The number of rotatable bonds is 9. The van der Waals surface area contributed by atoms with Crippen molar-refractivity contribution in [2.75, 3.05) is 0 Å². The highest BCUT2D eigenvalue weighted by atomic mass is 16.5. The number of unbranched alkanes of at least 4 members (excludes halogenated alkanes) is 2. The first-order valence-electron chi connectivity index (χ1n) is 8.61. The van der Waals surface area contributed by atoms with Crippen LogP contribution in [-0.4, -0.2) is 18.1 Å². The lowest BCUT2D eigenvalue weighted by molar-refractivity contribution is 0.0928. The fraction of sp³-hybridized carbons (Fsp3) is 0.550. The van der Waals surface area contributed by atoms with Crippen LogP contribution in [0.5, 0.6) is 5.75 Å². The molecule has 0 aliphatic heterocycles. The summed E-state index contributed by atoms with van der Waals surface area (Å²) in [6, 6.07) is 7.57. The van der Waals surface area contributed by atoms with E-state index in [2.05, 4.69) is 31.0 Å². The molecule has 0 heterocycles. The molecule has 1 amide bonds. The molecule has 1 aromatic carbocycles. The smallest absolute Gasteiger partial charge is 0.255 e. The maximum atomic E-state index is 12.6. The van der Waals surface area contributed by atoms with E-state index in [0.717, 1.165) is 19.3 Å². The molecule has 0 saturated heterocycles. The van der Waals surface area contributed by atoms with Gasteiger partial charge in [0.15, 0.2) is 6.10 Å². The van der Waals surface area contributed by atoms with Gasteiger partial charge < -0.3 is 10.1 Å². The number of carbonyl (C=O) groups is 1. The van der Waals surface area contributed by atoms with Gasteiger partial charge in [-0.25, -0.2) is 0 Å². The van der Waals surface area contributed by atoms with Gasteiger partial charge in [-0.2, -0.15) is 0 Å². The van der Waals surface area contributed by atoms with Gasteiger partial charge in [0.1, 0.15) is 5.75 Å². The minimum atomic E-state index is -0.236. The van der Waals surface area contributed by atoms with E-state index in [1.54, 1.807) is 13.0 Å². The highest BCUT2D eigenvalue weighted by Gasteiger charge is 2.16. The second kappa shape index (κ2) is 10.7. The Morgan fingerprint density at radius 3 is 2.65 bits per heavy atom.